The van der Waals surface area contributed by atoms with Crippen LogP contribution in [-0.2, 0) is 19.1 Å². The number of hydrogen-bond acceptors (Lipinski definition) is 6. The fourth-order valence-electron chi connectivity index (χ4n) is 0.534. The van der Waals surface area contributed by atoms with Crippen molar-refractivity contribution in [1.29, 1.82) is 10.5 Å². The first-order valence-electron chi connectivity index (χ1n) is 4.05. The Kier molecular flexibility index (Phi) is 5.69. The maximum Gasteiger partial charge on any atom is 0.348 e. The Bertz CT molecular complexity index is 372. The first kappa shape index (κ1) is 13.4. The summed E-state index contributed by atoms with van der Waals surface area (Å²) in [4.78, 5) is 21.7. The molecule has 0 atom stereocenters. The van der Waals surface area contributed by atoms with Crippen molar-refractivity contribution >= 4 is 11.9 Å². The van der Waals surface area contributed by atoms with Crippen LogP contribution in [0.25, 0.3) is 0 Å². The molecule has 0 fully saturated rings. The van der Waals surface area contributed by atoms with E-state index in [-0.39, 0.29) is 24.4 Å². The van der Waals surface area contributed by atoms with Crippen LogP contribution >= 0.6 is 0 Å². The molecule has 0 aliphatic rings. The smallest absolute Gasteiger partial charge is 0.348 e. The Morgan fingerprint density at radius 1 is 0.938 bits per heavy atom. The molecule has 0 amide bonds. The van der Waals surface area contributed by atoms with E-state index < -0.39 is 11.9 Å². The molecule has 6 heteroatoms. The molecule has 0 aromatic rings. The maximum absolute atomic E-state index is 10.9. The number of carbonyl (C=O) groups is 2. The van der Waals surface area contributed by atoms with Gasteiger partial charge in [0.15, 0.2) is 0 Å². The normalized spacial score (nSPS) is 8.12. The summed E-state index contributed by atoms with van der Waals surface area (Å²) in [5, 5.41) is 16.5. The van der Waals surface area contributed by atoms with E-state index >= 15 is 0 Å². The molecule has 82 valence electrons. The summed E-state index contributed by atoms with van der Waals surface area (Å²) in [6, 6.07) is 3.02. The van der Waals surface area contributed by atoms with Crippen molar-refractivity contribution in [3.05, 3.63) is 24.3 Å². The number of hydrogen-bond donors (Lipinski definition) is 0. The van der Waals surface area contributed by atoms with E-state index in [9.17, 15) is 9.59 Å². The molecule has 0 spiro atoms. The lowest BCUT2D eigenvalue weighted by molar-refractivity contribution is -0.146. The lowest BCUT2D eigenvalue weighted by atomic mass is 10.3. The standard InChI is InChI=1S/C10H8N2O4/c1-7(5-11)9(13)15-3-4-16-10(14)8(2)6-12/h1-4H2. The Balaban J connectivity index is 3.79. The van der Waals surface area contributed by atoms with E-state index in [1.54, 1.807) is 0 Å². The summed E-state index contributed by atoms with van der Waals surface area (Å²) in [5.74, 6) is -1.75. The third kappa shape index (κ3) is 4.58. The molecule has 0 aromatic carbocycles. The molecular formula is C10H8N2O4. The van der Waals surface area contributed by atoms with Crippen molar-refractivity contribution in [2.45, 2.75) is 0 Å². The molecule has 0 saturated carbocycles. The number of rotatable bonds is 5. The highest BCUT2D eigenvalue weighted by Gasteiger charge is 2.09. The van der Waals surface area contributed by atoms with Gasteiger partial charge in [0, 0.05) is 0 Å². The van der Waals surface area contributed by atoms with Crippen molar-refractivity contribution < 1.29 is 19.1 Å². The van der Waals surface area contributed by atoms with Crippen LogP contribution < -0.4 is 0 Å². The number of carbonyl (C=O) groups excluding carboxylic acids is 2. The molecule has 0 radical (unpaired) electrons. The Morgan fingerprint density at radius 2 is 1.25 bits per heavy atom. The zero-order valence-corrected chi connectivity index (χ0v) is 8.36. The molecule has 0 aromatic heterocycles. The highest BCUT2D eigenvalue weighted by molar-refractivity contribution is 5.92. The van der Waals surface area contributed by atoms with Crippen LogP contribution in [0.4, 0.5) is 0 Å². The summed E-state index contributed by atoms with van der Waals surface area (Å²) in [6.07, 6.45) is 0. The summed E-state index contributed by atoms with van der Waals surface area (Å²) < 4.78 is 9.02. The van der Waals surface area contributed by atoms with E-state index in [4.69, 9.17) is 10.5 Å². The molecule has 16 heavy (non-hydrogen) atoms. The second-order valence-corrected chi connectivity index (χ2v) is 2.45. The van der Waals surface area contributed by atoms with Gasteiger partial charge in [0.1, 0.15) is 36.5 Å². The quantitative estimate of drug-likeness (QED) is 0.284. The third-order valence-electron chi connectivity index (χ3n) is 1.31. The lowest BCUT2D eigenvalue weighted by Gasteiger charge is -2.04. The van der Waals surface area contributed by atoms with Crippen LogP contribution in [0.5, 0.6) is 0 Å². The molecule has 0 rings (SSSR count). The van der Waals surface area contributed by atoms with Gasteiger partial charge < -0.3 is 9.47 Å². The largest absolute Gasteiger partial charge is 0.458 e. The van der Waals surface area contributed by atoms with Gasteiger partial charge in [-0.25, -0.2) is 9.59 Å². The predicted octanol–water partition coefficient (Wildman–Crippen LogP) is 0.232. The molecule has 0 heterocycles. The topological polar surface area (TPSA) is 100 Å². The van der Waals surface area contributed by atoms with Gasteiger partial charge in [-0.3, -0.25) is 0 Å². The monoisotopic (exact) mass is 220 g/mol. The van der Waals surface area contributed by atoms with Crippen molar-refractivity contribution in [2.75, 3.05) is 13.2 Å². The first-order chi connectivity index (χ1) is 7.52. The first-order valence-corrected chi connectivity index (χ1v) is 4.05. The van der Waals surface area contributed by atoms with E-state index in [1.807, 2.05) is 0 Å². The maximum atomic E-state index is 10.9. The van der Waals surface area contributed by atoms with Gasteiger partial charge in [0.05, 0.1) is 0 Å². The summed E-state index contributed by atoms with van der Waals surface area (Å²) in [7, 11) is 0. The zero-order chi connectivity index (χ0) is 12.6. The van der Waals surface area contributed by atoms with Crippen molar-refractivity contribution in [1.82, 2.24) is 0 Å². The van der Waals surface area contributed by atoms with Crippen LogP contribution in [0.3, 0.4) is 0 Å². The fourth-order valence-corrected chi connectivity index (χ4v) is 0.534. The molecule has 0 saturated heterocycles. The summed E-state index contributed by atoms with van der Waals surface area (Å²) in [5.41, 5.74) is -0.680. The van der Waals surface area contributed by atoms with Crippen LogP contribution in [0.2, 0.25) is 0 Å². The van der Waals surface area contributed by atoms with Crippen molar-refractivity contribution in [3.8, 4) is 12.1 Å². The molecule has 0 bridgehead atoms. The summed E-state index contributed by atoms with van der Waals surface area (Å²) >= 11 is 0. The fraction of sp³-hybridized carbons (Fsp3) is 0.200. The van der Waals surface area contributed by atoms with Crippen LogP contribution in [0.15, 0.2) is 24.3 Å². The van der Waals surface area contributed by atoms with Crippen molar-refractivity contribution in [2.24, 2.45) is 0 Å². The van der Waals surface area contributed by atoms with Gasteiger partial charge >= 0.3 is 11.9 Å². The summed E-state index contributed by atoms with van der Waals surface area (Å²) in [6.45, 7) is 5.82. The number of esters is 2. The second kappa shape index (κ2) is 6.80. The molecule has 0 aliphatic carbocycles. The highest BCUT2D eigenvalue weighted by atomic mass is 16.6. The van der Waals surface area contributed by atoms with E-state index in [2.05, 4.69) is 22.6 Å². The highest BCUT2D eigenvalue weighted by Crippen LogP contribution is 1.94. The second-order valence-electron chi connectivity index (χ2n) is 2.45. The van der Waals surface area contributed by atoms with E-state index in [0.29, 0.717) is 0 Å². The molecule has 0 N–H and O–H groups in total. The van der Waals surface area contributed by atoms with Gasteiger partial charge in [-0.1, -0.05) is 13.2 Å². The van der Waals surface area contributed by atoms with Gasteiger partial charge in [-0.2, -0.15) is 10.5 Å². The Labute approximate surface area is 92.0 Å². The lowest BCUT2D eigenvalue weighted by Crippen LogP contribution is -2.14. The van der Waals surface area contributed by atoms with Crippen LogP contribution in [-0.4, -0.2) is 25.2 Å². The van der Waals surface area contributed by atoms with Gasteiger partial charge in [-0.05, 0) is 0 Å². The minimum Gasteiger partial charge on any atom is -0.458 e. The number of nitrogens with zero attached hydrogens (tertiary/aromatic N) is 2. The minimum atomic E-state index is -0.877. The van der Waals surface area contributed by atoms with Crippen LogP contribution in [0, 0.1) is 22.7 Å². The molecular weight excluding hydrogens is 212 g/mol. The van der Waals surface area contributed by atoms with Gasteiger partial charge in [0.25, 0.3) is 0 Å². The molecule has 6 nitrogen and oxygen atoms in total. The molecule has 0 unspecified atom stereocenters. The Hall–Kier alpha value is -2.60. The van der Waals surface area contributed by atoms with Crippen LogP contribution in [0.1, 0.15) is 0 Å². The predicted molar refractivity (Wildman–Crippen MR) is 51.4 cm³/mol. The van der Waals surface area contributed by atoms with E-state index in [1.165, 1.54) is 12.1 Å². The van der Waals surface area contributed by atoms with E-state index in [0.717, 1.165) is 0 Å². The van der Waals surface area contributed by atoms with Gasteiger partial charge in [-0.15, -0.1) is 0 Å². The average molecular weight is 220 g/mol. The Morgan fingerprint density at radius 3 is 1.50 bits per heavy atom. The molecule has 0 aliphatic heterocycles. The van der Waals surface area contributed by atoms with Gasteiger partial charge in [0.2, 0.25) is 0 Å². The minimum absolute atomic E-state index is 0.218. The number of nitriles is 2. The third-order valence-corrected chi connectivity index (χ3v) is 1.31. The SMILES string of the molecule is C=C(C#N)C(=O)OCCOC(=O)C(=C)C#N. The number of ether oxygens (including phenoxy) is 2. The van der Waals surface area contributed by atoms with Crippen molar-refractivity contribution in [3.63, 3.8) is 0 Å². The average Bonchev–Trinajstić information content (AvgIpc) is 2.31. The zero-order valence-electron chi connectivity index (χ0n) is 8.36.